The van der Waals surface area contributed by atoms with E-state index in [1.807, 2.05) is 0 Å². The second-order valence-electron chi connectivity index (χ2n) is 4.83. The van der Waals surface area contributed by atoms with Gasteiger partial charge in [0.15, 0.2) is 5.78 Å². The standard InChI is InChI=1S/C12H23NO3/c1-9(2)13-6-4-5-11(13)12(15)8-16-7-10(3)14/h9,11-12,15H,4-8H2,1-3H3/t11-,12-/m0/s1. The molecular formula is C12H23NO3. The van der Waals surface area contributed by atoms with Crippen LogP contribution in [0.5, 0.6) is 0 Å². The van der Waals surface area contributed by atoms with E-state index in [0.717, 1.165) is 19.4 Å². The molecule has 0 saturated carbocycles. The van der Waals surface area contributed by atoms with Gasteiger partial charge in [0, 0.05) is 12.1 Å². The SMILES string of the molecule is CC(=O)COC[C@H](O)[C@@H]1CCCN1C(C)C. The fourth-order valence-corrected chi connectivity index (χ4v) is 2.30. The Bertz CT molecular complexity index is 230. The van der Waals surface area contributed by atoms with Gasteiger partial charge in [-0.15, -0.1) is 0 Å². The van der Waals surface area contributed by atoms with Crippen molar-refractivity contribution in [2.75, 3.05) is 19.8 Å². The molecule has 2 atom stereocenters. The number of hydrogen-bond donors (Lipinski definition) is 1. The predicted octanol–water partition coefficient (Wildman–Crippen LogP) is 0.826. The van der Waals surface area contributed by atoms with Gasteiger partial charge in [0.05, 0.1) is 12.7 Å². The lowest BCUT2D eigenvalue weighted by atomic mass is 10.1. The van der Waals surface area contributed by atoms with Crippen molar-refractivity contribution in [3.63, 3.8) is 0 Å². The summed E-state index contributed by atoms with van der Waals surface area (Å²) in [7, 11) is 0. The maximum atomic E-state index is 10.7. The van der Waals surface area contributed by atoms with E-state index in [1.165, 1.54) is 6.92 Å². The number of likely N-dealkylation sites (tertiary alicyclic amines) is 1. The second kappa shape index (κ2) is 6.33. The molecule has 16 heavy (non-hydrogen) atoms. The summed E-state index contributed by atoms with van der Waals surface area (Å²) in [6.45, 7) is 7.18. The monoisotopic (exact) mass is 229 g/mol. The Labute approximate surface area is 97.6 Å². The van der Waals surface area contributed by atoms with Gasteiger partial charge in [-0.2, -0.15) is 0 Å². The van der Waals surface area contributed by atoms with Crippen LogP contribution < -0.4 is 0 Å². The van der Waals surface area contributed by atoms with Crippen LogP contribution in [0, 0.1) is 0 Å². The predicted molar refractivity (Wildman–Crippen MR) is 62.4 cm³/mol. The lowest BCUT2D eigenvalue weighted by Gasteiger charge is -2.31. The first kappa shape index (κ1) is 13.6. The molecule has 0 radical (unpaired) electrons. The number of rotatable bonds is 6. The van der Waals surface area contributed by atoms with Crippen molar-refractivity contribution in [2.45, 2.75) is 51.8 Å². The average molecular weight is 229 g/mol. The third kappa shape index (κ3) is 3.85. The molecule has 1 fully saturated rings. The molecular weight excluding hydrogens is 206 g/mol. The number of aliphatic hydroxyl groups is 1. The molecule has 1 saturated heterocycles. The molecule has 0 aromatic rings. The molecule has 1 N–H and O–H groups in total. The number of ether oxygens (including phenoxy) is 1. The van der Waals surface area contributed by atoms with Gasteiger partial charge in [0.1, 0.15) is 6.61 Å². The highest BCUT2D eigenvalue weighted by Crippen LogP contribution is 2.22. The number of Topliss-reactive ketones (excluding diaryl/α,β-unsaturated/α-hetero) is 1. The van der Waals surface area contributed by atoms with Crippen molar-refractivity contribution in [1.29, 1.82) is 0 Å². The van der Waals surface area contributed by atoms with Crippen molar-refractivity contribution in [3.8, 4) is 0 Å². The number of carbonyl (C=O) groups is 1. The third-order valence-corrected chi connectivity index (χ3v) is 3.04. The number of aliphatic hydroxyl groups excluding tert-OH is 1. The Balaban J connectivity index is 2.34. The molecule has 4 heteroatoms. The van der Waals surface area contributed by atoms with Gasteiger partial charge < -0.3 is 9.84 Å². The average Bonchev–Trinajstić information content (AvgIpc) is 2.65. The van der Waals surface area contributed by atoms with Crippen molar-refractivity contribution >= 4 is 5.78 Å². The highest BCUT2D eigenvalue weighted by molar-refractivity contribution is 5.76. The van der Waals surface area contributed by atoms with Crippen molar-refractivity contribution in [3.05, 3.63) is 0 Å². The molecule has 4 nitrogen and oxygen atoms in total. The molecule has 0 aliphatic carbocycles. The van der Waals surface area contributed by atoms with Crippen molar-refractivity contribution in [1.82, 2.24) is 4.90 Å². The fraction of sp³-hybridized carbons (Fsp3) is 0.917. The van der Waals surface area contributed by atoms with Crippen LogP contribution in [0.4, 0.5) is 0 Å². The lowest BCUT2D eigenvalue weighted by Crippen LogP contribution is -2.44. The highest BCUT2D eigenvalue weighted by atomic mass is 16.5. The van der Waals surface area contributed by atoms with Gasteiger partial charge in [0.25, 0.3) is 0 Å². The van der Waals surface area contributed by atoms with Crippen LogP contribution in [-0.4, -0.2) is 53.7 Å². The zero-order chi connectivity index (χ0) is 12.1. The largest absolute Gasteiger partial charge is 0.389 e. The van der Waals surface area contributed by atoms with Crippen molar-refractivity contribution in [2.24, 2.45) is 0 Å². The first-order valence-electron chi connectivity index (χ1n) is 6.03. The topological polar surface area (TPSA) is 49.8 Å². The number of carbonyl (C=O) groups excluding carboxylic acids is 1. The summed E-state index contributed by atoms with van der Waals surface area (Å²) < 4.78 is 5.17. The fourth-order valence-electron chi connectivity index (χ4n) is 2.30. The molecule has 0 aromatic carbocycles. The molecule has 1 rings (SSSR count). The second-order valence-corrected chi connectivity index (χ2v) is 4.83. The quantitative estimate of drug-likeness (QED) is 0.733. The molecule has 0 bridgehead atoms. The van der Waals surface area contributed by atoms with Crippen LogP contribution in [0.3, 0.4) is 0 Å². The van der Waals surface area contributed by atoms with Crippen LogP contribution in [0.1, 0.15) is 33.6 Å². The summed E-state index contributed by atoms with van der Waals surface area (Å²) in [5.41, 5.74) is 0. The summed E-state index contributed by atoms with van der Waals surface area (Å²) in [5, 5.41) is 10.0. The Hall–Kier alpha value is -0.450. The molecule has 94 valence electrons. The van der Waals surface area contributed by atoms with Gasteiger partial charge in [0.2, 0.25) is 0 Å². The smallest absolute Gasteiger partial charge is 0.155 e. The molecule has 0 spiro atoms. The van der Waals surface area contributed by atoms with Gasteiger partial charge >= 0.3 is 0 Å². The minimum atomic E-state index is -0.482. The van der Waals surface area contributed by atoms with E-state index in [0.29, 0.717) is 6.04 Å². The van der Waals surface area contributed by atoms with Gasteiger partial charge in [-0.05, 0) is 40.2 Å². The molecule has 1 aliphatic heterocycles. The van der Waals surface area contributed by atoms with E-state index in [-0.39, 0.29) is 25.0 Å². The third-order valence-electron chi connectivity index (χ3n) is 3.04. The van der Waals surface area contributed by atoms with Crippen molar-refractivity contribution < 1.29 is 14.6 Å². The molecule has 1 heterocycles. The first-order chi connectivity index (χ1) is 7.52. The summed E-state index contributed by atoms with van der Waals surface area (Å²) in [5.74, 6) is -0.000613. The minimum Gasteiger partial charge on any atom is -0.389 e. The van der Waals surface area contributed by atoms with Gasteiger partial charge in [-0.1, -0.05) is 0 Å². The van der Waals surface area contributed by atoms with E-state index in [4.69, 9.17) is 4.74 Å². The number of nitrogens with zero attached hydrogens (tertiary/aromatic N) is 1. The van der Waals surface area contributed by atoms with Gasteiger partial charge in [-0.3, -0.25) is 9.69 Å². The van der Waals surface area contributed by atoms with Gasteiger partial charge in [-0.25, -0.2) is 0 Å². The Kier molecular flexibility index (Phi) is 5.38. The zero-order valence-electron chi connectivity index (χ0n) is 10.5. The van der Waals surface area contributed by atoms with E-state index < -0.39 is 6.10 Å². The van der Waals surface area contributed by atoms with Crippen LogP contribution in [0.25, 0.3) is 0 Å². The van der Waals surface area contributed by atoms with E-state index in [2.05, 4.69) is 18.7 Å². The zero-order valence-corrected chi connectivity index (χ0v) is 10.5. The van der Waals surface area contributed by atoms with E-state index in [9.17, 15) is 9.90 Å². The first-order valence-corrected chi connectivity index (χ1v) is 6.03. The number of ketones is 1. The Morgan fingerprint density at radius 2 is 2.25 bits per heavy atom. The molecule has 0 amide bonds. The maximum Gasteiger partial charge on any atom is 0.155 e. The summed E-state index contributed by atoms with van der Waals surface area (Å²) in [6.07, 6.45) is 1.67. The maximum absolute atomic E-state index is 10.7. The molecule has 0 unspecified atom stereocenters. The van der Waals surface area contributed by atoms with E-state index >= 15 is 0 Å². The van der Waals surface area contributed by atoms with Crippen LogP contribution in [0.15, 0.2) is 0 Å². The Morgan fingerprint density at radius 1 is 1.56 bits per heavy atom. The van der Waals surface area contributed by atoms with Crippen LogP contribution in [0.2, 0.25) is 0 Å². The summed E-state index contributed by atoms with van der Waals surface area (Å²) in [4.78, 5) is 13.0. The van der Waals surface area contributed by atoms with Crippen LogP contribution >= 0.6 is 0 Å². The molecule has 1 aliphatic rings. The lowest BCUT2D eigenvalue weighted by molar-refractivity contribution is -0.123. The number of hydrogen-bond acceptors (Lipinski definition) is 4. The highest BCUT2D eigenvalue weighted by Gasteiger charge is 2.32. The summed E-state index contributed by atoms with van der Waals surface area (Å²) >= 11 is 0. The summed E-state index contributed by atoms with van der Waals surface area (Å²) in [6, 6.07) is 0.641. The molecule has 0 aromatic heterocycles. The van der Waals surface area contributed by atoms with E-state index in [1.54, 1.807) is 0 Å². The minimum absolute atomic E-state index is 0.000613. The normalized spacial score (nSPS) is 23.9. The van der Waals surface area contributed by atoms with Crippen LogP contribution in [-0.2, 0) is 9.53 Å². The Morgan fingerprint density at radius 3 is 2.81 bits per heavy atom.